The molecule has 0 radical (unpaired) electrons. The van der Waals surface area contributed by atoms with Gasteiger partial charge in [-0.05, 0) is 31.7 Å². The fraction of sp³-hybridized carbons (Fsp3) is 0.500. The van der Waals surface area contributed by atoms with Crippen molar-refractivity contribution in [2.24, 2.45) is 0 Å². The minimum absolute atomic E-state index is 0.0816. The van der Waals surface area contributed by atoms with E-state index in [1.54, 1.807) is 32.1 Å². The van der Waals surface area contributed by atoms with Gasteiger partial charge in [0.25, 0.3) is 0 Å². The second kappa shape index (κ2) is 7.74. The summed E-state index contributed by atoms with van der Waals surface area (Å²) in [5.74, 6) is 0.464. The molecule has 19 heavy (non-hydrogen) atoms. The van der Waals surface area contributed by atoms with E-state index in [-0.39, 0.29) is 11.7 Å². The van der Waals surface area contributed by atoms with Gasteiger partial charge >= 0.3 is 0 Å². The first-order valence-electron chi connectivity index (χ1n) is 6.30. The maximum Gasteiger partial charge on any atom is 0.222 e. The Balaban J connectivity index is 2.46. The van der Waals surface area contributed by atoms with Gasteiger partial charge in [-0.15, -0.1) is 0 Å². The number of benzene rings is 1. The van der Waals surface area contributed by atoms with Crippen LogP contribution in [0.2, 0.25) is 0 Å². The van der Waals surface area contributed by atoms with Gasteiger partial charge in [-0.2, -0.15) is 0 Å². The Morgan fingerprint density at radius 3 is 2.79 bits per heavy atom. The summed E-state index contributed by atoms with van der Waals surface area (Å²) in [6, 6.07) is 4.45. The molecule has 0 aliphatic carbocycles. The zero-order valence-corrected chi connectivity index (χ0v) is 11.7. The van der Waals surface area contributed by atoms with Crippen LogP contribution < -0.4 is 10.1 Å². The van der Waals surface area contributed by atoms with Crippen molar-refractivity contribution < 1.29 is 13.9 Å². The molecule has 1 amide bonds. The van der Waals surface area contributed by atoms with E-state index in [1.165, 1.54) is 12.1 Å². The first-order chi connectivity index (χ1) is 9.04. The standard InChI is InChI=1S/C14H21FN2O2/c1-16-10-11-9-12(15)6-7-13(11)19-8-4-5-14(18)17(2)3/h6-7,9,16H,4-5,8,10H2,1-3H3. The molecule has 106 valence electrons. The molecule has 1 N–H and O–H groups in total. The number of amides is 1. The highest BCUT2D eigenvalue weighted by molar-refractivity contribution is 5.75. The van der Waals surface area contributed by atoms with E-state index in [9.17, 15) is 9.18 Å². The third-order valence-corrected chi connectivity index (χ3v) is 2.68. The number of nitrogens with one attached hydrogen (secondary N) is 1. The summed E-state index contributed by atoms with van der Waals surface area (Å²) >= 11 is 0. The fourth-order valence-corrected chi connectivity index (χ4v) is 1.65. The maximum atomic E-state index is 13.1. The van der Waals surface area contributed by atoms with Crippen LogP contribution in [0.3, 0.4) is 0 Å². The molecule has 0 saturated heterocycles. The predicted octanol–water partition coefficient (Wildman–Crippen LogP) is 1.79. The number of rotatable bonds is 7. The smallest absolute Gasteiger partial charge is 0.222 e. The molecule has 0 spiro atoms. The molecule has 0 aliphatic rings. The Morgan fingerprint density at radius 1 is 1.42 bits per heavy atom. The molecule has 0 aliphatic heterocycles. The van der Waals surface area contributed by atoms with Crippen molar-refractivity contribution in [3.05, 3.63) is 29.6 Å². The molecule has 0 saturated carbocycles. The van der Waals surface area contributed by atoms with Crippen LogP contribution in [-0.4, -0.2) is 38.6 Å². The molecule has 5 heteroatoms. The van der Waals surface area contributed by atoms with Crippen LogP contribution in [0.5, 0.6) is 5.75 Å². The number of nitrogens with zero attached hydrogens (tertiary/aromatic N) is 1. The summed E-state index contributed by atoms with van der Waals surface area (Å²) in [5.41, 5.74) is 0.779. The van der Waals surface area contributed by atoms with Crippen molar-refractivity contribution >= 4 is 5.91 Å². The zero-order valence-electron chi connectivity index (χ0n) is 11.7. The highest BCUT2D eigenvalue weighted by Crippen LogP contribution is 2.19. The lowest BCUT2D eigenvalue weighted by atomic mass is 10.2. The summed E-state index contributed by atoms with van der Waals surface area (Å²) in [7, 11) is 5.26. The van der Waals surface area contributed by atoms with Crippen LogP contribution in [0.25, 0.3) is 0 Å². The molecule has 0 bridgehead atoms. The van der Waals surface area contributed by atoms with E-state index in [0.29, 0.717) is 31.7 Å². The van der Waals surface area contributed by atoms with Gasteiger partial charge in [0.05, 0.1) is 6.61 Å². The summed E-state index contributed by atoms with van der Waals surface area (Å²) < 4.78 is 18.7. The molecule has 1 aromatic carbocycles. The van der Waals surface area contributed by atoms with E-state index in [2.05, 4.69) is 5.32 Å². The predicted molar refractivity (Wildman–Crippen MR) is 72.6 cm³/mol. The van der Waals surface area contributed by atoms with Crippen molar-refractivity contribution in [2.45, 2.75) is 19.4 Å². The number of hydrogen-bond acceptors (Lipinski definition) is 3. The number of ether oxygens (including phenoxy) is 1. The van der Waals surface area contributed by atoms with Gasteiger partial charge in [-0.1, -0.05) is 0 Å². The third-order valence-electron chi connectivity index (χ3n) is 2.68. The Labute approximate surface area is 113 Å². The summed E-state index contributed by atoms with van der Waals surface area (Å²) in [5, 5.41) is 2.97. The lowest BCUT2D eigenvalue weighted by Crippen LogP contribution is -2.21. The van der Waals surface area contributed by atoms with E-state index >= 15 is 0 Å². The fourth-order valence-electron chi connectivity index (χ4n) is 1.65. The van der Waals surface area contributed by atoms with Crippen LogP contribution in [0.15, 0.2) is 18.2 Å². The Hall–Kier alpha value is -1.62. The molecule has 1 aromatic rings. The molecule has 4 nitrogen and oxygen atoms in total. The van der Waals surface area contributed by atoms with Gasteiger partial charge < -0.3 is 15.0 Å². The van der Waals surface area contributed by atoms with Gasteiger partial charge in [-0.3, -0.25) is 4.79 Å². The van der Waals surface area contributed by atoms with Crippen LogP contribution in [-0.2, 0) is 11.3 Å². The second-order valence-electron chi connectivity index (χ2n) is 4.52. The van der Waals surface area contributed by atoms with E-state index in [1.807, 2.05) is 0 Å². The molecule has 1 rings (SSSR count). The molecule has 0 fully saturated rings. The van der Waals surface area contributed by atoms with Crippen LogP contribution >= 0.6 is 0 Å². The molecular formula is C14H21FN2O2. The van der Waals surface area contributed by atoms with E-state index < -0.39 is 0 Å². The lowest BCUT2D eigenvalue weighted by molar-refractivity contribution is -0.128. The highest BCUT2D eigenvalue weighted by atomic mass is 19.1. The van der Waals surface area contributed by atoms with E-state index in [4.69, 9.17) is 4.74 Å². The van der Waals surface area contributed by atoms with Gasteiger partial charge in [0.1, 0.15) is 11.6 Å². The molecule has 0 unspecified atom stereocenters. The van der Waals surface area contributed by atoms with Crippen molar-refractivity contribution in [1.82, 2.24) is 10.2 Å². The second-order valence-corrected chi connectivity index (χ2v) is 4.52. The monoisotopic (exact) mass is 268 g/mol. The zero-order chi connectivity index (χ0) is 14.3. The number of carbonyl (C=O) groups excluding carboxylic acids is 1. The molecule has 0 heterocycles. The van der Waals surface area contributed by atoms with Gasteiger partial charge in [0, 0.05) is 32.6 Å². The molecule has 0 aromatic heterocycles. The maximum absolute atomic E-state index is 13.1. The van der Waals surface area contributed by atoms with Crippen molar-refractivity contribution in [3.63, 3.8) is 0 Å². The first-order valence-corrected chi connectivity index (χ1v) is 6.30. The third kappa shape index (κ3) is 5.26. The lowest BCUT2D eigenvalue weighted by Gasteiger charge is -2.13. The topological polar surface area (TPSA) is 41.6 Å². The average Bonchev–Trinajstić information content (AvgIpc) is 2.36. The number of halogens is 1. The SMILES string of the molecule is CNCc1cc(F)ccc1OCCCC(=O)N(C)C. The van der Waals surface area contributed by atoms with E-state index in [0.717, 1.165) is 5.56 Å². The molecular weight excluding hydrogens is 247 g/mol. The van der Waals surface area contributed by atoms with Gasteiger partial charge in [0.2, 0.25) is 5.91 Å². The van der Waals surface area contributed by atoms with Crippen LogP contribution in [0, 0.1) is 5.82 Å². The normalized spacial score (nSPS) is 10.3. The summed E-state index contributed by atoms with van der Waals surface area (Å²) in [6.07, 6.45) is 1.10. The van der Waals surface area contributed by atoms with Crippen molar-refractivity contribution in [2.75, 3.05) is 27.7 Å². The summed E-state index contributed by atoms with van der Waals surface area (Å²) in [4.78, 5) is 12.9. The van der Waals surface area contributed by atoms with Gasteiger partial charge in [-0.25, -0.2) is 4.39 Å². The Kier molecular flexibility index (Phi) is 6.29. The largest absolute Gasteiger partial charge is 0.493 e. The quantitative estimate of drug-likeness (QED) is 0.767. The van der Waals surface area contributed by atoms with Crippen LogP contribution in [0.1, 0.15) is 18.4 Å². The number of carbonyl (C=O) groups is 1. The number of hydrogen-bond donors (Lipinski definition) is 1. The first kappa shape index (κ1) is 15.4. The average molecular weight is 268 g/mol. The van der Waals surface area contributed by atoms with Crippen molar-refractivity contribution in [1.29, 1.82) is 0 Å². The summed E-state index contributed by atoms with van der Waals surface area (Å²) in [6.45, 7) is 0.992. The van der Waals surface area contributed by atoms with Crippen LogP contribution in [0.4, 0.5) is 4.39 Å². The molecule has 0 atom stereocenters. The Bertz CT molecular complexity index is 422. The van der Waals surface area contributed by atoms with Gasteiger partial charge in [0.15, 0.2) is 0 Å². The van der Waals surface area contributed by atoms with Crippen molar-refractivity contribution in [3.8, 4) is 5.75 Å². The highest BCUT2D eigenvalue weighted by Gasteiger charge is 2.06. The minimum atomic E-state index is -0.277. The Morgan fingerprint density at radius 2 is 2.16 bits per heavy atom. The minimum Gasteiger partial charge on any atom is -0.493 e.